The summed E-state index contributed by atoms with van der Waals surface area (Å²) in [5.74, 6) is 0.916. The van der Waals surface area contributed by atoms with Gasteiger partial charge < -0.3 is 14.7 Å². The van der Waals surface area contributed by atoms with Crippen LogP contribution in [0.3, 0.4) is 0 Å². The molecular formula is C25H32N2O3. The van der Waals surface area contributed by atoms with Gasteiger partial charge in [0.05, 0.1) is 12.6 Å². The van der Waals surface area contributed by atoms with Gasteiger partial charge in [0.1, 0.15) is 0 Å². The van der Waals surface area contributed by atoms with Gasteiger partial charge in [-0.1, -0.05) is 43.2 Å². The Morgan fingerprint density at radius 2 is 1.80 bits per heavy atom. The zero-order chi connectivity index (χ0) is 20.9. The Morgan fingerprint density at radius 3 is 2.53 bits per heavy atom. The van der Waals surface area contributed by atoms with E-state index in [1.54, 1.807) is 6.07 Å². The summed E-state index contributed by atoms with van der Waals surface area (Å²) in [6.07, 6.45) is 5.39. The molecule has 0 bridgehead atoms. The average Bonchev–Trinajstić information content (AvgIpc) is 3.05. The van der Waals surface area contributed by atoms with E-state index < -0.39 is 0 Å². The Morgan fingerprint density at radius 1 is 1.07 bits per heavy atom. The predicted octanol–water partition coefficient (Wildman–Crippen LogP) is 4.12. The summed E-state index contributed by atoms with van der Waals surface area (Å²) in [6, 6.07) is 13.8. The van der Waals surface area contributed by atoms with E-state index in [9.17, 15) is 9.90 Å². The molecule has 0 spiro atoms. The molecule has 1 amide bonds. The number of benzene rings is 2. The summed E-state index contributed by atoms with van der Waals surface area (Å²) in [5, 5.41) is 10.0. The number of nitrogens with zero attached hydrogens (tertiary/aromatic N) is 2. The van der Waals surface area contributed by atoms with Crippen LogP contribution in [0.1, 0.15) is 49.3 Å². The first-order chi connectivity index (χ1) is 14.7. The van der Waals surface area contributed by atoms with Crippen molar-refractivity contribution in [1.29, 1.82) is 0 Å². The number of hydrogen-bond donors (Lipinski definition) is 1. The third kappa shape index (κ3) is 4.62. The van der Waals surface area contributed by atoms with Gasteiger partial charge in [0.15, 0.2) is 11.5 Å². The second-order valence-corrected chi connectivity index (χ2v) is 8.37. The number of phenolic OH excluding ortho intramolecular Hbond substituents is 1. The fraction of sp³-hybridized carbons (Fsp3) is 0.480. The van der Waals surface area contributed by atoms with Crippen molar-refractivity contribution in [2.75, 3.05) is 19.7 Å². The van der Waals surface area contributed by atoms with Gasteiger partial charge in [-0.15, -0.1) is 0 Å². The SMILES string of the molecule is CCOc1cc(CN2Cc3ccccc3CC2C(=O)N2CCCCCC2)ccc1O. The van der Waals surface area contributed by atoms with Gasteiger partial charge in [-0.3, -0.25) is 9.69 Å². The molecule has 0 aromatic heterocycles. The normalized spacial score (nSPS) is 19.8. The van der Waals surface area contributed by atoms with Crippen molar-refractivity contribution in [3.8, 4) is 11.5 Å². The highest BCUT2D eigenvalue weighted by Gasteiger charge is 2.34. The third-order valence-electron chi connectivity index (χ3n) is 6.26. The number of carbonyl (C=O) groups is 1. The Labute approximate surface area is 179 Å². The first kappa shape index (κ1) is 20.7. The Balaban J connectivity index is 1.59. The molecule has 1 unspecified atom stereocenters. The zero-order valence-corrected chi connectivity index (χ0v) is 17.8. The molecule has 2 aliphatic rings. The van der Waals surface area contributed by atoms with Crippen molar-refractivity contribution in [2.24, 2.45) is 0 Å². The smallest absolute Gasteiger partial charge is 0.240 e. The molecule has 30 heavy (non-hydrogen) atoms. The molecular weight excluding hydrogens is 376 g/mol. The minimum atomic E-state index is -0.151. The van der Waals surface area contributed by atoms with Gasteiger partial charge in [-0.2, -0.15) is 0 Å². The summed E-state index contributed by atoms with van der Waals surface area (Å²) >= 11 is 0. The Bertz CT molecular complexity index is 874. The van der Waals surface area contributed by atoms with Gasteiger partial charge in [0.25, 0.3) is 0 Å². The molecule has 0 radical (unpaired) electrons. The van der Waals surface area contributed by atoms with Gasteiger partial charge in [-0.05, 0) is 55.0 Å². The number of fused-ring (bicyclic) bond motifs is 1. The van der Waals surface area contributed by atoms with Crippen LogP contribution in [0, 0.1) is 0 Å². The van der Waals surface area contributed by atoms with Crippen LogP contribution in [0.5, 0.6) is 11.5 Å². The number of hydrogen-bond acceptors (Lipinski definition) is 4. The van der Waals surface area contributed by atoms with Crippen molar-refractivity contribution < 1.29 is 14.6 Å². The van der Waals surface area contributed by atoms with Gasteiger partial charge in [-0.25, -0.2) is 0 Å². The molecule has 160 valence electrons. The maximum Gasteiger partial charge on any atom is 0.240 e. The topological polar surface area (TPSA) is 53.0 Å². The molecule has 1 atom stereocenters. The van der Waals surface area contributed by atoms with E-state index in [1.165, 1.54) is 24.0 Å². The predicted molar refractivity (Wildman–Crippen MR) is 118 cm³/mol. The first-order valence-electron chi connectivity index (χ1n) is 11.2. The molecule has 5 heteroatoms. The van der Waals surface area contributed by atoms with Gasteiger partial charge in [0, 0.05) is 26.2 Å². The number of amides is 1. The van der Waals surface area contributed by atoms with E-state index in [-0.39, 0.29) is 17.7 Å². The van der Waals surface area contributed by atoms with Crippen LogP contribution in [0.25, 0.3) is 0 Å². The van der Waals surface area contributed by atoms with Gasteiger partial charge >= 0.3 is 0 Å². The Kier molecular flexibility index (Phi) is 6.58. The lowest BCUT2D eigenvalue weighted by Crippen LogP contribution is -2.51. The maximum absolute atomic E-state index is 13.6. The fourth-order valence-electron chi connectivity index (χ4n) is 4.65. The molecule has 2 heterocycles. The lowest BCUT2D eigenvalue weighted by atomic mass is 9.92. The molecule has 1 fully saturated rings. The van der Waals surface area contributed by atoms with Crippen LogP contribution in [0.2, 0.25) is 0 Å². The molecule has 0 aliphatic carbocycles. The van der Waals surface area contributed by atoms with E-state index in [1.807, 2.05) is 19.1 Å². The van der Waals surface area contributed by atoms with E-state index in [2.05, 4.69) is 34.1 Å². The van der Waals surface area contributed by atoms with Crippen molar-refractivity contribution in [2.45, 2.75) is 58.2 Å². The number of phenols is 1. The van der Waals surface area contributed by atoms with Crippen molar-refractivity contribution in [3.05, 3.63) is 59.2 Å². The number of likely N-dealkylation sites (tertiary alicyclic amines) is 1. The summed E-state index contributed by atoms with van der Waals surface area (Å²) in [6.45, 7) is 5.56. The summed E-state index contributed by atoms with van der Waals surface area (Å²) in [5.41, 5.74) is 3.62. The minimum absolute atomic E-state index is 0.151. The molecule has 2 aromatic carbocycles. The monoisotopic (exact) mass is 408 g/mol. The van der Waals surface area contributed by atoms with Crippen LogP contribution >= 0.6 is 0 Å². The van der Waals surface area contributed by atoms with Crippen LogP contribution in [-0.4, -0.2) is 46.6 Å². The highest BCUT2D eigenvalue weighted by atomic mass is 16.5. The second kappa shape index (κ2) is 9.52. The number of ether oxygens (including phenoxy) is 1. The summed E-state index contributed by atoms with van der Waals surface area (Å²) < 4.78 is 5.56. The molecule has 1 N–H and O–H groups in total. The van der Waals surface area contributed by atoms with E-state index in [0.717, 1.165) is 44.5 Å². The third-order valence-corrected chi connectivity index (χ3v) is 6.26. The molecule has 5 nitrogen and oxygen atoms in total. The summed E-state index contributed by atoms with van der Waals surface area (Å²) in [4.78, 5) is 17.9. The van der Waals surface area contributed by atoms with Crippen molar-refractivity contribution in [1.82, 2.24) is 9.80 Å². The standard InChI is InChI=1S/C25H32N2O3/c1-2-30-24-15-19(11-12-23(24)28)17-27-18-21-10-6-5-9-20(21)16-22(27)25(29)26-13-7-3-4-8-14-26/h5-6,9-12,15,22,28H,2-4,7-8,13-14,16-18H2,1H3. The van der Waals surface area contributed by atoms with Crippen molar-refractivity contribution >= 4 is 5.91 Å². The van der Waals surface area contributed by atoms with E-state index in [4.69, 9.17) is 4.74 Å². The average molecular weight is 409 g/mol. The molecule has 1 saturated heterocycles. The number of carbonyl (C=O) groups excluding carboxylic acids is 1. The lowest BCUT2D eigenvalue weighted by Gasteiger charge is -2.38. The van der Waals surface area contributed by atoms with Crippen LogP contribution < -0.4 is 4.74 Å². The molecule has 2 aliphatic heterocycles. The molecule has 4 rings (SSSR count). The van der Waals surface area contributed by atoms with Crippen molar-refractivity contribution in [3.63, 3.8) is 0 Å². The van der Waals surface area contributed by atoms with Gasteiger partial charge in [0.2, 0.25) is 5.91 Å². The van der Waals surface area contributed by atoms with Crippen LogP contribution in [-0.2, 0) is 24.3 Å². The van der Waals surface area contributed by atoms with E-state index >= 15 is 0 Å². The largest absolute Gasteiger partial charge is 0.504 e. The lowest BCUT2D eigenvalue weighted by molar-refractivity contribution is -0.138. The second-order valence-electron chi connectivity index (χ2n) is 8.37. The number of rotatable bonds is 5. The molecule has 2 aromatic rings. The highest BCUT2D eigenvalue weighted by molar-refractivity contribution is 5.82. The minimum Gasteiger partial charge on any atom is -0.504 e. The number of aromatic hydroxyl groups is 1. The fourth-order valence-corrected chi connectivity index (χ4v) is 4.65. The van der Waals surface area contributed by atoms with Crippen LogP contribution in [0.15, 0.2) is 42.5 Å². The summed E-state index contributed by atoms with van der Waals surface area (Å²) in [7, 11) is 0. The Hall–Kier alpha value is -2.53. The zero-order valence-electron chi connectivity index (χ0n) is 17.8. The maximum atomic E-state index is 13.6. The quantitative estimate of drug-likeness (QED) is 0.809. The first-order valence-corrected chi connectivity index (χ1v) is 11.2. The van der Waals surface area contributed by atoms with E-state index in [0.29, 0.717) is 18.9 Å². The molecule has 0 saturated carbocycles. The van der Waals surface area contributed by atoms with Crippen LogP contribution in [0.4, 0.5) is 0 Å². The highest BCUT2D eigenvalue weighted by Crippen LogP contribution is 2.30.